The number of piperidine rings is 1. The Morgan fingerprint density at radius 3 is 2.17 bits per heavy atom. The number of ether oxygens (including phenoxy) is 2. The van der Waals surface area contributed by atoms with Gasteiger partial charge in [-0.3, -0.25) is 0 Å². The van der Waals surface area contributed by atoms with Gasteiger partial charge in [-0.1, -0.05) is 6.07 Å². The molecular weight excluding hydrogens is 392 g/mol. The van der Waals surface area contributed by atoms with Gasteiger partial charge < -0.3 is 30.3 Å². The summed E-state index contributed by atoms with van der Waals surface area (Å²) >= 11 is 0. The second kappa shape index (κ2) is 8.91. The standard InChI is InChI=1S/C19H28N2O3.C2H2O4/c1-18(2,3)24-17(22)21-9-7-19(8-10-21)12-16(20)14-6-5-13(23-4)11-15(14)19;3-1(4)2(5)6/h5-6,11,16H,7-10,12,20H2,1-4H3;(H,3,4)(H,5,6). The molecule has 0 saturated carbocycles. The van der Waals surface area contributed by atoms with Gasteiger partial charge in [-0.05, 0) is 63.3 Å². The number of likely N-dealkylation sites (tertiary alicyclic amines) is 1. The molecule has 1 atom stereocenters. The van der Waals surface area contributed by atoms with Gasteiger partial charge in [0.15, 0.2) is 0 Å². The molecule has 0 aromatic heterocycles. The van der Waals surface area contributed by atoms with Gasteiger partial charge in [0, 0.05) is 24.5 Å². The summed E-state index contributed by atoms with van der Waals surface area (Å²) in [5, 5.41) is 14.8. The predicted molar refractivity (Wildman–Crippen MR) is 109 cm³/mol. The van der Waals surface area contributed by atoms with E-state index in [9.17, 15) is 4.79 Å². The molecule has 1 aliphatic carbocycles. The fourth-order valence-corrected chi connectivity index (χ4v) is 4.00. The van der Waals surface area contributed by atoms with Crippen molar-refractivity contribution in [3.05, 3.63) is 29.3 Å². The smallest absolute Gasteiger partial charge is 0.414 e. The van der Waals surface area contributed by atoms with Crippen LogP contribution in [0.4, 0.5) is 4.79 Å². The summed E-state index contributed by atoms with van der Waals surface area (Å²) in [5.74, 6) is -2.78. The number of benzene rings is 1. The molecular formula is C21H30N2O7. The van der Waals surface area contributed by atoms with Gasteiger partial charge in [0.25, 0.3) is 0 Å². The van der Waals surface area contributed by atoms with E-state index < -0.39 is 17.5 Å². The summed E-state index contributed by atoms with van der Waals surface area (Å²) in [6.07, 6.45) is 2.56. The van der Waals surface area contributed by atoms with Crippen LogP contribution in [0.2, 0.25) is 0 Å². The summed E-state index contributed by atoms with van der Waals surface area (Å²) in [6, 6.07) is 6.27. The van der Waals surface area contributed by atoms with Crippen LogP contribution >= 0.6 is 0 Å². The number of carbonyl (C=O) groups is 3. The van der Waals surface area contributed by atoms with Crippen molar-refractivity contribution >= 4 is 18.0 Å². The Morgan fingerprint density at radius 1 is 1.13 bits per heavy atom. The largest absolute Gasteiger partial charge is 0.497 e. The van der Waals surface area contributed by atoms with E-state index in [1.54, 1.807) is 7.11 Å². The molecule has 1 aromatic carbocycles. The van der Waals surface area contributed by atoms with E-state index in [4.69, 9.17) is 35.0 Å². The molecule has 1 aromatic rings. The lowest BCUT2D eigenvalue weighted by Gasteiger charge is -2.40. The van der Waals surface area contributed by atoms with Crippen LogP contribution in [0.25, 0.3) is 0 Å². The van der Waals surface area contributed by atoms with E-state index in [1.165, 1.54) is 11.1 Å². The molecule has 2 aliphatic rings. The Balaban J connectivity index is 0.000000469. The molecule has 1 heterocycles. The van der Waals surface area contributed by atoms with Crippen LogP contribution in [-0.2, 0) is 19.7 Å². The Labute approximate surface area is 175 Å². The lowest BCUT2D eigenvalue weighted by molar-refractivity contribution is -0.159. The van der Waals surface area contributed by atoms with Gasteiger partial charge in [-0.15, -0.1) is 0 Å². The SMILES string of the molecule is COc1ccc2c(c1)C1(CCN(C(=O)OC(C)(C)C)CC1)CC2N.O=C(O)C(=O)O. The number of carboxylic acid groups (broad SMARTS) is 2. The molecule has 1 fully saturated rings. The second-order valence-corrected chi connectivity index (χ2v) is 8.62. The van der Waals surface area contributed by atoms with Crippen LogP contribution < -0.4 is 10.5 Å². The Hall–Kier alpha value is -2.81. The second-order valence-electron chi connectivity index (χ2n) is 8.62. The zero-order valence-electron chi connectivity index (χ0n) is 17.8. The molecule has 9 heteroatoms. The van der Waals surface area contributed by atoms with E-state index in [2.05, 4.69) is 12.1 Å². The average molecular weight is 422 g/mol. The van der Waals surface area contributed by atoms with Gasteiger partial charge in [0.05, 0.1) is 7.11 Å². The normalized spacial score (nSPS) is 19.4. The molecule has 1 amide bonds. The zero-order chi connectivity index (χ0) is 22.7. The number of carbonyl (C=O) groups excluding carboxylic acids is 1. The van der Waals surface area contributed by atoms with Crippen molar-refractivity contribution in [3.8, 4) is 5.75 Å². The Kier molecular flexibility index (Phi) is 6.97. The first-order chi connectivity index (χ1) is 13.9. The van der Waals surface area contributed by atoms with Crippen molar-refractivity contribution in [2.75, 3.05) is 20.2 Å². The first kappa shape index (κ1) is 23.5. The maximum atomic E-state index is 12.3. The lowest BCUT2D eigenvalue weighted by atomic mass is 9.73. The van der Waals surface area contributed by atoms with E-state index in [0.717, 1.165) is 25.0 Å². The number of hydrogen-bond donors (Lipinski definition) is 3. The minimum atomic E-state index is -1.82. The highest BCUT2D eigenvalue weighted by Gasteiger charge is 2.45. The molecule has 3 rings (SSSR count). The van der Waals surface area contributed by atoms with E-state index in [1.807, 2.05) is 31.7 Å². The van der Waals surface area contributed by atoms with Crippen molar-refractivity contribution in [2.24, 2.45) is 5.73 Å². The lowest BCUT2D eigenvalue weighted by Crippen LogP contribution is -2.46. The van der Waals surface area contributed by atoms with Crippen LogP contribution in [0.1, 0.15) is 57.2 Å². The van der Waals surface area contributed by atoms with Crippen LogP contribution in [0.3, 0.4) is 0 Å². The highest BCUT2D eigenvalue weighted by molar-refractivity contribution is 6.27. The van der Waals surface area contributed by atoms with E-state index in [0.29, 0.717) is 13.1 Å². The molecule has 1 aliphatic heterocycles. The molecule has 166 valence electrons. The predicted octanol–water partition coefficient (Wildman–Crippen LogP) is 2.52. The maximum Gasteiger partial charge on any atom is 0.414 e. The topological polar surface area (TPSA) is 139 Å². The van der Waals surface area contributed by atoms with E-state index >= 15 is 0 Å². The molecule has 4 N–H and O–H groups in total. The number of nitrogens with two attached hydrogens (primary N) is 1. The number of methoxy groups -OCH3 is 1. The van der Waals surface area contributed by atoms with Crippen molar-refractivity contribution in [1.29, 1.82) is 0 Å². The van der Waals surface area contributed by atoms with Crippen molar-refractivity contribution in [1.82, 2.24) is 4.90 Å². The fraction of sp³-hybridized carbons (Fsp3) is 0.571. The van der Waals surface area contributed by atoms with Crippen LogP contribution in [0, 0.1) is 0 Å². The minimum absolute atomic E-state index is 0.0573. The molecule has 9 nitrogen and oxygen atoms in total. The van der Waals surface area contributed by atoms with Crippen molar-refractivity contribution in [2.45, 2.75) is 57.1 Å². The van der Waals surface area contributed by atoms with Crippen LogP contribution in [-0.4, -0.2) is 58.9 Å². The summed E-state index contributed by atoms with van der Waals surface area (Å²) in [7, 11) is 1.69. The number of fused-ring (bicyclic) bond motifs is 2. The summed E-state index contributed by atoms with van der Waals surface area (Å²) in [5.41, 5.74) is 8.50. The fourth-order valence-electron chi connectivity index (χ4n) is 4.00. The molecule has 1 saturated heterocycles. The van der Waals surface area contributed by atoms with Crippen molar-refractivity contribution < 1.29 is 34.1 Å². The summed E-state index contributed by atoms with van der Waals surface area (Å²) < 4.78 is 10.9. The first-order valence-electron chi connectivity index (χ1n) is 9.77. The highest BCUT2D eigenvalue weighted by Crippen LogP contribution is 2.50. The molecule has 0 radical (unpaired) electrons. The third-order valence-electron chi connectivity index (χ3n) is 5.40. The third-order valence-corrected chi connectivity index (χ3v) is 5.40. The number of rotatable bonds is 1. The van der Waals surface area contributed by atoms with Gasteiger partial charge in [0.1, 0.15) is 11.4 Å². The van der Waals surface area contributed by atoms with Gasteiger partial charge in [0.2, 0.25) is 0 Å². The number of carboxylic acids is 2. The quantitative estimate of drug-likeness (QED) is 0.587. The number of hydrogen-bond acceptors (Lipinski definition) is 6. The third kappa shape index (κ3) is 5.41. The monoisotopic (exact) mass is 422 g/mol. The molecule has 30 heavy (non-hydrogen) atoms. The van der Waals surface area contributed by atoms with Gasteiger partial charge in [-0.25, -0.2) is 14.4 Å². The van der Waals surface area contributed by atoms with Gasteiger partial charge >= 0.3 is 18.0 Å². The molecule has 0 bridgehead atoms. The number of nitrogens with zero attached hydrogens (tertiary/aromatic N) is 1. The molecule has 1 spiro atoms. The first-order valence-corrected chi connectivity index (χ1v) is 9.77. The number of aliphatic carboxylic acids is 2. The van der Waals surface area contributed by atoms with Gasteiger partial charge in [-0.2, -0.15) is 0 Å². The van der Waals surface area contributed by atoms with Crippen molar-refractivity contribution in [3.63, 3.8) is 0 Å². The zero-order valence-corrected chi connectivity index (χ0v) is 17.8. The Bertz CT molecular complexity index is 796. The van der Waals surface area contributed by atoms with Crippen LogP contribution in [0.5, 0.6) is 5.75 Å². The summed E-state index contributed by atoms with van der Waals surface area (Å²) in [6.45, 7) is 7.11. The average Bonchev–Trinajstić information content (AvgIpc) is 2.92. The Morgan fingerprint density at radius 2 is 1.70 bits per heavy atom. The van der Waals surface area contributed by atoms with E-state index in [-0.39, 0.29) is 17.6 Å². The number of amides is 1. The van der Waals surface area contributed by atoms with Crippen LogP contribution in [0.15, 0.2) is 18.2 Å². The minimum Gasteiger partial charge on any atom is -0.497 e. The maximum absolute atomic E-state index is 12.3. The summed E-state index contributed by atoms with van der Waals surface area (Å²) in [4.78, 5) is 32.3. The molecule has 1 unspecified atom stereocenters. The highest BCUT2D eigenvalue weighted by atomic mass is 16.6.